The van der Waals surface area contributed by atoms with E-state index >= 15 is 0 Å². The van der Waals surface area contributed by atoms with Crippen molar-refractivity contribution in [3.05, 3.63) is 29.8 Å². The predicted octanol–water partition coefficient (Wildman–Crippen LogP) is 1.07. The molecule has 0 spiro atoms. The molecule has 1 heterocycles. The summed E-state index contributed by atoms with van der Waals surface area (Å²) in [5.74, 6) is 3.33. The molecule has 3 N–H and O–H groups in total. The van der Waals surface area contributed by atoms with Crippen LogP contribution < -0.4 is 15.8 Å². The summed E-state index contributed by atoms with van der Waals surface area (Å²) in [7, 11) is 0. The lowest BCUT2D eigenvalue weighted by molar-refractivity contribution is -0.122. The first kappa shape index (κ1) is 17.5. The third kappa shape index (κ3) is 6.02. The molecule has 6 nitrogen and oxygen atoms in total. The van der Waals surface area contributed by atoms with E-state index in [0.29, 0.717) is 24.8 Å². The fourth-order valence-corrected chi connectivity index (χ4v) is 3.10. The van der Waals surface area contributed by atoms with E-state index < -0.39 is 0 Å². The number of thioether (sulfide) groups is 1. The molecule has 23 heavy (non-hydrogen) atoms. The van der Waals surface area contributed by atoms with Crippen LogP contribution in [0.4, 0.5) is 0 Å². The van der Waals surface area contributed by atoms with Crippen molar-refractivity contribution in [3.8, 4) is 5.75 Å². The van der Waals surface area contributed by atoms with Crippen LogP contribution in [-0.2, 0) is 11.3 Å². The Labute approximate surface area is 141 Å². The number of nitrogens with one attached hydrogen (secondary N) is 1. The second kappa shape index (κ2) is 9.29. The van der Waals surface area contributed by atoms with Gasteiger partial charge in [-0.2, -0.15) is 11.8 Å². The molecule has 1 fully saturated rings. The maximum absolute atomic E-state index is 11.4. The minimum absolute atomic E-state index is 0.0220. The summed E-state index contributed by atoms with van der Waals surface area (Å²) in [4.78, 5) is 18.0. The van der Waals surface area contributed by atoms with Crippen molar-refractivity contribution in [3.63, 3.8) is 0 Å². The third-order valence-electron chi connectivity index (χ3n) is 3.40. The van der Waals surface area contributed by atoms with Crippen LogP contribution in [0.1, 0.15) is 12.5 Å². The van der Waals surface area contributed by atoms with Gasteiger partial charge in [0.15, 0.2) is 12.6 Å². The standard InChI is InChI=1S/C16H24N4O2S/c1-2-18-15(21)12-22-14-5-3-4-13(10-14)11-19-16(17)20-6-8-23-9-7-20/h3-5,10H,2,6-9,11-12H2,1H3,(H2,17,19)(H,18,21). The molecule has 2 rings (SSSR count). The number of guanidine groups is 1. The number of amides is 1. The van der Waals surface area contributed by atoms with Crippen molar-refractivity contribution in [2.45, 2.75) is 13.5 Å². The molecule has 1 aliphatic rings. The number of aliphatic imine (C=N–C) groups is 1. The van der Waals surface area contributed by atoms with Crippen LogP contribution in [0.5, 0.6) is 5.75 Å². The van der Waals surface area contributed by atoms with Gasteiger partial charge in [0.1, 0.15) is 5.75 Å². The summed E-state index contributed by atoms with van der Waals surface area (Å²) in [6.45, 7) is 4.92. The molecule has 7 heteroatoms. The number of carbonyl (C=O) groups excluding carboxylic acids is 1. The molecule has 1 aromatic carbocycles. The normalized spacial score (nSPS) is 15.3. The third-order valence-corrected chi connectivity index (χ3v) is 4.34. The Hall–Kier alpha value is -1.89. The van der Waals surface area contributed by atoms with Crippen molar-refractivity contribution in [2.24, 2.45) is 10.7 Å². The molecule has 0 bridgehead atoms. The Balaban J connectivity index is 1.87. The van der Waals surface area contributed by atoms with Crippen molar-refractivity contribution < 1.29 is 9.53 Å². The molecule has 1 saturated heterocycles. The van der Waals surface area contributed by atoms with Crippen molar-refractivity contribution in [1.82, 2.24) is 10.2 Å². The first-order valence-electron chi connectivity index (χ1n) is 7.80. The van der Waals surface area contributed by atoms with Crippen LogP contribution in [0.3, 0.4) is 0 Å². The number of nitrogens with zero attached hydrogens (tertiary/aromatic N) is 2. The lowest BCUT2D eigenvalue weighted by atomic mass is 10.2. The minimum Gasteiger partial charge on any atom is -0.484 e. The van der Waals surface area contributed by atoms with Gasteiger partial charge in [0, 0.05) is 31.1 Å². The summed E-state index contributed by atoms with van der Waals surface area (Å²) < 4.78 is 5.48. The van der Waals surface area contributed by atoms with E-state index in [0.717, 1.165) is 30.2 Å². The van der Waals surface area contributed by atoms with Gasteiger partial charge in [-0.25, -0.2) is 4.99 Å². The Bertz CT molecular complexity index is 545. The maximum Gasteiger partial charge on any atom is 0.257 e. The first-order valence-corrected chi connectivity index (χ1v) is 8.95. The van der Waals surface area contributed by atoms with Gasteiger partial charge in [-0.15, -0.1) is 0 Å². The van der Waals surface area contributed by atoms with Crippen LogP contribution in [0.2, 0.25) is 0 Å². The topological polar surface area (TPSA) is 79.9 Å². The van der Waals surface area contributed by atoms with Gasteiger partial charge < -0.3 is 20.7 Å². The molecular weight excluding hydrogens is 312 g/mol. The van der Waals surface area contributed by atoms with E-state index in [1.807, 2.05) is 43.0 Å². The van der Waals surface area contributed by atoms with E-state index in [9.17, 15) is 4.79 Å². The van der Waals surface area contributed by atoms with Gasteiger partial charge in [-0.05, 0) is 24.6 Å². The van der Waals surface area contributed by atoms with Crippen LogP contribution in [0.25, 0.3) is 0 Å². The first-order chi connectivity index (χ1) is 11.2. The molecule has 0 saturated carbocycles. The van der Waals surface area contributed by atoms with E-state index in [1.54, 1.807) is 0 Å². The monoisotopic (exact) mass is 336 g/mol. The quantitative estimate of drug-likeness (QED) is 0.600. The van der Waals surface area contributed by atoms with Crippen molar-refractivity contribution in [2.75, 3.05) is 37.7 Å². The lowest BCUT2D eigenvalue weighted by Crippen LogP contribution is -2.42. The lowest BCUT2D eigenvalue weighted by Gasteiger charge is -2.27. The predicted molar refractivity (Wildman–Crippen MR) is 94.8 cm³/mol. The molecule has 0 unspecified atom stereocenters. The highest BCUT2D eigenvalue weighted by Crippen LogP contribution is 2.14. The maximum atomic E-state index is 11.4. The van der Waals surface area contributed by atoms with Gasteiger partial charge in [-0.1, -0.05) is 12.1 Å². The second-order valence-corrected chi connectivity index (χ2v) is 6.39. The summed E-state index contributed by atoms with van der Waals surface area (Å²) in [5.41, 5.74) is 7.06. The number of hydrogen-bond donors (Lipinski definition) is 2. The minimum atomic E-state index is -0.122. The van der Waals surface area contributed by atoms with Gasteiger partial charge >= 0.3 is 0 Å². The highest BCUT2D eigenvalue weighted by Gasteiger charge is 2.11. The van der Waals surface area contributed by atoms with Gasteiger partial charge in [-0.3, -0.25) is 4.79 Å². The zero-order valence-electron chi connectivity index (χ0n) is 13.5. The molecule has 126 valence electrons. The fourth-order valence-electron chi connectivity index (χ4n) is 2.20. The van der Waals surface area contributed by atoms with Crippen LogP contribution in [0, 0.1) is 0 Å². The Morgan fingerprint density at radius 2 is 2.22 bits per heavy atom. The summed E-state index contributed by atoms with van der Waals surface area (Å²) in [6.07, 6.45) is 0. The highest BCUT2D eigenvalue weighted by atomic mass is 32.2. The molecule has 1 aliphatic heterocycles. The number of rotatable bonds is 6. The summed E-state index contributed by atoms with van der Waals surface area (Å²) >= 11 is 1.94. The number of ether oxygens (including phenoxy) is 1. The molecule has 0 atom stereocenters. The van der Waals surface area contributed by atoms with E-state index in [2.05, 4.69) is 15.2 Å². The molecule has 1 aromatic rings. The Morgan fingerprint density at radius 1 is 1.43 bits per heavy atom. The largest absolute Gasteiger partial charge is 0.484 e. The smallest absolute Gasteiger partial charge is 0.257 e. The van der Waals surface area contributed by atoms with Gasteiger partial charge in [0.05, 0.1) is 6.54 Å². The SMILES string of the molecule is CCNC(=O)COc1cccc(CN=C(N)N2CCSCC2)c1. The fraction of sp³-hybridized carbons (Fsp3) is 0.500. The average molecular weight is 336 g/mol. The Morgan fingerprint density at radius 3 is 2.96 bits per heavy atom. The number of nitrogens with two attached hydrogens (primary N) is 1. The molecule has 0 aliphatic carbocycles. The van der Waals surface area contributed by atoms with Gasteiger partial charge in [0.25, 0.3) is 5.91 Å². The molecule has 0 aromatic heterocycles. The summed E-state index contributed by atoms with van der Waals surface area (Å²) in [5, 5.41) is 2.70. The van der Waals surface area contributed by atoms with Gasteiger partial charge in [0.2, 0.25) is 0 Å². The van der Waals surface area contributed by atoms with Crippen molar-refractivity contribution >= 4 is 23.6 Å². The van der Waals surface area contributed by atoms with Crippen LogP contribution in [0.15, 0.2) is 29.3 Å². The zero-order chi connectivity index (χ0) is 16.5. The number of benzene rings is 1. The highest BCUT2D eigenvalue weighted by molar-refractivity contribution is 7.99. The number of likely N-dealkylation sites (N-methyl/N-ethyl adjacent to an activating group) is 1. The molecule has 1 amide bonds. The van der Waals surface area contributed by atoms with E-state index in [-0.39, 0.29) is 12.5 Å². The second-order valence-electron chi connectivity index (χ2n) is 5.16. The number of carbonyl (C=O) groups is 1. The van der Waals surface area contributed by atoms with Crippen LogP contribution >= 0.6 is 11.8 Å². The van der Waals surface area contributed by atoms with E-state index in [4.69, 9.17) is 10.5 Å². The van der Waals surface area contributed by atoms with Crippen LogP contribution in [-0.4, -0.2) is 54.5 Å². The average Bonchev–Trinajstić information content (AvgIpc) is 2.59. The number of hydrogen-bond acceptors (Lipinski definition) is 4. The molecule has 0 radical (unpaired) electrons. The Kier molecular flexibility index (Phi) is 7.06. The summed E-state index contributed by atoms with van der Waals surface area (Å²) in [6, 6.07) is 7.59. The van der Waals surface area contributed by atoms with E-state index in [1.165, 1.54) is 0 Å². The van der Waals surface area contributed by atoms with Crippen molar-refractivity contribution in [1.29, 1.82) is 0 Å². The zero-order valence-corrected chi connectivity index (χ0v) is 14.3. The molecular formula is C16H24N4O2S.